The van der Waals surface area contributed by atoms with Crippen LogP contribution >= 0.6 is 0 Å². The number of hydrogen-bond acceptors (Lipinski definition) is 3. The predicted molar refractivity (Wildman–Crippen MR) is 187 cm³/mol. The van der Waals surface area contributed by atoms with E-state index in [1.807, 2.05) is 30.3 Å². The minimum Gasteiger partial charge on any atom is -0.456 e. The van der Waals surface area contributed by atoms with Gasteiger partial charge in [0.05, 0.1) is 0 Å². The van der Waals surface area contributed by atoms with Crippen LogP contribution in [-0.4, -0.2) is 0 Å². The summed E-state index contributed by atoms with van der Waals surface area (Å²) in [6.45, 7) is 0. The van der Waals surface area contributed by atoms with Crippen LogP contribution in [0.3, 0.4) is 0 Å². The van der Waals surface area contributed by atoms with E-state index in [-0.39, 0.29) is 0 Å². The van der Waals surface area contributed by atoms with Gasteiger partial charge < -0.3 is 13.7 Å². The number of fused-ring (bicyclic) bond motifs is 6. The molecule has 9 rings (SSSR count). The number of rotatable bonds is 5. The summed E-state index contributed by atoms with van der Waals surface area (Å²) in [5.74, 6) is 0. The molecule has 3 heteroatoms. The van der Waals surface area contributed by atoms with Crippen molar-refractivity contribution < 1.29 is 8.83 Å². The molecule has 2 heterocycles. The second kappa shape index (κ2) is 10.3. The van der Waals surface area contributed by atoms with Crippen molar-refractivity contribution in [3.8, 4) is 22.3 Å². The molecule has 0 bridgehead atoms. The highest BCUT2D eigenvalue weighted by Gasteiger charge is 2.21. The van der Waals surface area contributed by atoms with Crippen LogP contribution < -0.4 is 4.90 Å². The lowest BCUT2D eigenvalue weighted by atomic mass is 9.96. The zero-order chi connectivity index (χ0) is 29.7. The SMILES string of the molecule is c1ccc(-c2c3oc4ccc(-c5ccc(N(c6ccccc6)c6ccccc6)cc5)cc4c3cc3oc4ccccc4c23)cc1. The fourth-order valence-corrected chi connectivity index (χ4v) is 6.58. The molecule has 0 atom stereocenters. The Hall–Kier alpha value is -6.06. The first-order valence-corrected chi connectivity index (χ1v) is 15.2. The topological polar surface area (TPSA) is 29.5 Å². The molecule has 0 saturated carbocycles. The van der Waals surface area contributed by atoms with E-state index >= 15 is 0 Å². The highest BCUT2D eigenvalue weighted by atomic mass is 16.3. The van der Waals surface area contributed by atoms with Gasteiger partial charge in [-0.25, -0.2) is 0 Å². The summed E-state index contributed by atoms with van der Waals surface area (Å²) in [5.41, 5.74) is 11.3. The molecule has 0 saturated heterocycles. The lowest BCUT2D eigenvalue weighted by molar-refractivity contribution is 0.664. The van der Waals surface area contributed by atoms with Gasteiger partial charge >= 0.3 is 0 Å². The lowest BCUT2D eigenvalue weighted by Gasteiger charge is -2.25. The molecule has 212 valence electrons. The molecule has 9 aromatic rings. The van der Waals surface area contributed by atoms with Crippen LogP contribution in [0.25, 0.3) is 66.1 Å². The number of nitrogens with zero attached hydrogens (tertiary/aromatic N) is 1. The number of anilines is 3. The van der Waals surface area contributed by atoms with Gasteiger partial charge in [-0.3, -0.25) is 0 Å². The molecule has 45 heavy (non-hydrogen) atoms. The van der Waals surface area contributed by atoms with Gasteiger partial charge in [0.1, 0.15) is 22.3 Å². The third-order valence-electron chi connectivity index (χ3n) is 8.65. The summed E-state index contributed by atoms with van der Waals surface area (Å²) in [7, 11) is 0. The standard InChI is InChI=1S/C42H27NO2/c1-4-12-29(13-5-1)40-41-34-18-10-11-19-37(34)44-39(41)27-36-35-26-30(22-25-38(35)45-42(36)40)28-20-23-33(24-21-28)43(31-14-6-2-7-15-31)32-16-8-3-9-17-32/h1-27H. The van der Waals surface area contributed by atoms with Gasteiger partial charge in [0.2, 0.25) is 0 Å². The molecule has 0 aliphatic rings. The van der Waals surface area contributed by atoms with Crippen molar-refractivity contribution in [3.63, 3.8) is 0 Å². The Kier molecular flexibility index (Phi) is 5.82. The van der Waals surface area contributed by atoms with Crippen LogP contribution in [0, 0.1) is 0 Å². The molecule has 3 nitrogen and oxygen atoms in total. The van der Waals surface area contributed by atoms with Crippen molar-refractivity contribution in [2.24, 2.45) is 0 Å². The first-order valence-electron chi connectivity index (χ1n) is 15.2. The van der Waals surface area contributed by atoms with Crippen LogP contribution in [0.15, 0.2) is 173 Å². The second-order valence-electron chi connectivity index (χ2n) is 11.3. The highest BCUT2D eigenvalue weighted by molar-refractivity contribution is 6.23. The maximum Gasteiger partial charge on any atom is 0.144 e. The molecule has 0 aliphatic carbocycles. The average Bonchev–Trinajstić information content (AvgIpc) is 3.66. The van der Waals surface area contributed by atoms with Crippen LogP contribution in [-0.2, 0) is 0 Å². The highest BCUT2D eigenvalue weighted by Crippen LogP contribution is 2.45. The van der Waals surface area contributed by atoms with Gasteiger partial charge in [-0.05, 0) is 77.4 Å². The molecular formula is C42H27NO2. The molecule has 0 N–H and O–H groups in total. The summed E-state index contributed by atoms with van der Waals surface area (Å²) in [4.78, 5) is 2.28. The van der Waals surface area contributed by atoms with Crippen molar-refractivity contribution in [1.29, 1.82) is 0 Å². The Labute approximate surface area is 260 Å². The fraction of sp³-hybridized carbons (Fsp3) is 0. The van der Waals surface area contributed by atoms with Crippen molar-refractivity contribution in [1.82, 2.24) is 0 Å². The third-order valence-corrected chi connectivity index (χ3v) is 8.65. The van der Waals surface area contributed by atoms with Crippen LogP contribution in [0.5, 0.6) is 0 Å². The quantitative estimate of drug-likeness (QED) is 0.204. The zero-order valence-corrected chi connectivity index (χ0v) is 24.4. The van der Waals surface area contributed by atoms with Crippen LogP contribution in [0.4, 0.5) is 17.1 Å². The molecule has 0 unspecified atom stereocenters. The third kappa shape index (κ3) is 4.21. The van der Waals surface area contributed by atoms with Gasteiger partial charge in [-0.1, -0.05) is 103 Å². The largest absolute Gasteiger partial charge is 0.456 e. The summed E-state index contributed by atoms with van der Waals surface area (Å²) < 4.78 is 13.1. The Balaban J connectivity index is 1.19. The number of furan rings is 2. The maximum absolute atomic E-state index is 6.66. The van der Waals surface area contributed by atoms with E-state index in [4.69, 9.17) is 8.83 Å². The number of para-hydroxylation sites is 3. The Bertz CT molecular complexity index is 2420. The Morgan fingerprint density at radius 1 is 0.356 bits per heavy atom. The summed E-state index contributed by atoms with van der Waals surface area (Å²) in [5, 5.41) is 4.30. The lowest BCUT2D eigenvalue weighted by Crippen LogP contribution is -2.09. The van der Waals surface area contributed by atoms with Crippen molar-refractivity contribution >= 4 is 60.9 Å². The fourth-order valence-electron chi connectivity index (χ4n) is 6.58. The van der Waals surface area contributed by atoms with Crippen molar-refractivity contribution in [2.45, 2.75) is 0 Å². The van der Waals surface area contributed by atoms with E-state index in [1.165, 1.54) is 0 Å². The minimum absolute atomic E-state index is 0.860. The summed E-state index contributed by atoms with van der Waals surface area (Å²) in [6, 6.07) is 57.1. The van der Waals surface area contributed by atoms with E-state index in [0.29, 0.717) is 0 Å². The molecule has 0 aliphatic heterocycles. The summed E-state index contributed by atoms with van der Waals surface area (Å²) >= 11 is 0. The predicted octanol–water partition coefficient (Wildman–Crippen LogP) is 12.3. The molecule has 7 aromatic carbocycles. The first kappa shape index (κ1) is 25.4. The normalized spacial score (nSPS) is 11.6. The van der Waals surface area contributed by atoms with E-state index in [1.54, 1.807) is 0 Å². The van der Waals surface area contributed by atoms with Crippen molar-refractivity contribution in [2.75, 3.05) is 4.90 Å². The molecule has 2 aromatic heterocycles. The molecule has 0 fully saturated rings. The minimum atomic E-state index is 0.860. The van der Waals surface area contributed by atoms with E-state index in [9.17, 15) is 0 Å². The molecular weight excluding hydrogens is 550 g/mol. The maximum atomic E-state index is 6.66. The average molecular weight is 578 g/mol. The van der Waals surface area contributed by atoms with E-state index < -0.39 is 0 Å². The monoisotopic (exact) mass is 577 g/mol. The van der Waals surface area contributed by atoms with Gasteiger partial charge in [0.15, 0.2) is 0 Å². The summed E-state index contributed by atoms with van der Waals surface area (Å²) in [6.07, 6.45) is 0. The second-order valence-corrected chi connectivity index (χ2v) is 11.3. The molecule has 0 spiro atoms. The number of hydrogen-bond donors (Lipinski definition) is 0. The zero-order valence-electron chi connectivity index (χ0n) is 24.4. The van der Waals surface area contributed by atoms with Crippen molar-refractivity contribution in [3.05, 3.63) is 164 Å². The van der Waals surface area contributed by atoms with Crippen LogP contribution in [0.2, 0.25) is 0 Å². The van der Waals surface area contributed by atoms with Gasteiger partial charge in [-0.2, -0.15) is 0 Å². The Morgan fingerprint density at radius 2 is 0.933 bits per heavy atom. The van der Waals surface area contributed by atoms with E-state index in [2.05, 4.69) is 138 Å². The Morgan fingerprint density at radius 3 is 1.64 bits per heavy atom. The van der Waals surface area contributed by atoms with Gasteiger partial charge in [0.25, 0.3) is 0 Å². The van der Waals surface area contributed by atoms with Gasteiger partial charge in [0, 0.05) is 44.2 Å². The van der Waals surface area contributed by atoms with Gasteiger partial charge in [-0.15, -0.1) is 0 Å². The first-order chi connectivity index (χ1) is 22.3. The van der Waals surface area contributed by atoms with E-state index in [0.717, 1.165) is 83.2 Å². The molecule has 0 radical (unpaired) electrons. The number of benzene rings is 7. The smallest absolute Gasteiger partial charge is 0.144 e. The van der Waals surface area contributed by atoms with Crippen LogP contribution in [0.1, 0.15) is 0 Å². The molecule has 0 amide bonds.